The number of halogens is 4. The third kappa shape index (κ3) is 11.5. The van der Waals surface area contributed by atoms with Gasteiger partial charge in [0.1, 0.15) is 11.2 Å². The van der Waals surface area contributed by atoms with E-state index in [0.29, 0.717) is 56.5 Å². The van der Waals surface area contributed by atoms with Crippen LogP contribution in [0.5, 0.6) is 0 Å². The molecule has 0 radical (unpaired) electrons. The van der Waals surface area contributed by atoms with Gasteiger partial charge in [0.15, 0.2) is 23.6 Å². The van der Waals surface area contributed by atoms with Crippen LogP contribution in [0.25, 0.3) is 32.3 Å². The highest BCUT2D eigenvalue weighted by molar-refractivity contribution is 9.11. The van der Waals surface area contributed by atoms with Crippen molar-refractivity contribution in [3.05, 3.63) is 91.8 Å². The number of benzene rings is 3. The highest BCUT2D eigenvalue weighted by Crippen LogP contribution is 2.37. The maximum absolute atomic E-state index is 13.0. The van der Waals surface area contributed by atoms with Gasteiger partial charge in [-0.15, -0.1) is 0 Å². The van der Waals surface area contributed by atoms with Crippen molar-refractivity contribution in [3.8, 4) is 0 Å². The molecule has 3 fully saturated rings. The van der Waals surface area contributed by atoms with Crippen molar-refractivity contribution in [2.75, 3.05) is 19.6 Å². The molecule has 3 atom stereocenters. The van der Waals surface area contributed by atoms with E-state index in [0.717, 1.165) is 49.7 Å². The van der Waals surface area contributed by atoms with Gasteiger partial charge in [-0.1, -0.05) is 29.8 Å². The Morgan fingerprint density at radius 2 is 0.930 bits per heavy atom. The molecule has 9 N–H and O–H groups in total. The number of nitrogens with zero attached hydrogens (tertiary/aromatic N) is 8. The Hall–Kier alpha value is -4.64. The molecular formula is C44H48Br3ClN12O8S3. The van der Waals surface area contributed by atoms with Gasteiger partial charge >= 0.3 is 5.97 Å². The van der Waals surface area contributed by atoms with Crippen LogP contribution in [0.3, 0.4) is 0 Å². The lowest BCUT2D eigenvalue weighted by Crippen LogP contribution is -2.40. The van der Waals surface area contributed by atoms with Crippen LogP contribution < -0.4 is 22.9 Å². The predicted octanol–water partition coefficient (Wildman–Crippen LogP) is 7.04. The van der Waals surface area contributed by atoms with Gasteiger partial charge in [-0.25, -0.2) is 40.2 Å². The molecule has 3 aliphatic heterocycles. The van der Waals surface area contributed by atoms with Crippen molar-refractivity contribution in [1.82, 2.24) is 27.9 Å². The fourth-order valence-electron chi connectivity index (χ4n) is 8.61. The second-order valence-corrected chi connectivity index (χ2v) is 25.4. The number of carboxylic acid groups (broad SMARTS) is 1. The number of pyridine rings is 3. The van der Waals surface area contributed by atoms with E-state index in [-0.39, 0.29) is 57.5 Å². The summed E-state index contributed by atoms with van der Waals surface area (Å²) >= 11 is 16.3. The molecule has 3 aliphatic rings. The minimum Gasteiger partial charge on any atom is -0.480 e. The third-order valence-corrected chi connectivity index (χ3v) is 20.2. The Bertz CT molecular complexity index is 3480. The summed E-state index contributed by atoms with van der Waals surface area (Å²) in [5.74, 6) is -1.03. The number of carboxylic acids is 1. The maximum atomic E-state index is 13.0. The molecule has 9 rings (SSSR count). The van der Waals surface area contributed by atoms with Gasteiger partial charge in [0.2, 0.25) is 30.1 Å². The van der Waals surface area contributed by atoms with Gasteiger partial charge in [-0.2, -0.15) is 22.9 Å². The lowest BCUT2D eigenvalue weighted by atomic mass is 10.1. The molecule has 71 heavy (non-hydrogen) atoms. The fraction of sp³-hybridized carbons (Fsp3) is 0.318. The number of rotatable bonds is 9. The zero-order valence-corrected chi connectivity index (χ0v) is 45.9. The molecule has 0 bridgehead atoms. The van der Waals surface area contributed by atoms with Crippen molar-refractivity contribution < 1.29 is 35.2 Å². The van der Waals surface area contributed by atoms with E-state index in [4.69, 9.17) is 34.5 Å². The lowest BCUT2D eigenvalue weighted by molar-refractivity contribution is -0.140. The molecule has 0 aliphatic carbocycles. The van der Waals surface area contributed by atoms with E-state index in [1.54, 1.807) is 63.5 Å². The molecule has 0 amide bonds. The van der Waals surface area contributed by atoms with Crippen LogP contribution in [0.1, 0.15) is 52.4 Å². The second kappa shape index (κ2) is 21.8. The van der Waals surface area contributed by atoms with Crippen LogP contribution in [0.2, 0.25) is 5.15 Å². The number of aromatic nitrogens is 3. The number of aliphatic carboxylic acids is 1. The largest absolute Gasteiger partial charge is 0.480 e. The first-order valence-corrected chi connectivity index (χ1v) is 28.9. The third-order valence-electron chi connectivity index (χ3n) is 12.1. The van der Waals surface area contributed by atoms with Gasteiger partial charge in [-0.05, 0) is 137 Å². The van der Waals surface area contributed by atoms with Crippen molar-refractivity contribution in [3.63, 3.8) is 0 Å². The van der Waals surface area contributed by atoms with Gasteiger partial charge in [0.25, 0.3) is 0 Å². The molecule has 6 heterocycles. The molecule has 20 nitrogen and oxygen atoms in total. The minimum atomic E-state index is -3.98. The summed E-state index contributed by atoms with van der Waals surface area (Å²) in [6, 6.07) is 13.3. The first-order chi connectivity index (χ1) is 33.4. The Kier molecular flexibility index (Phi) is 16.6. The molecule has 0 saturated carbocycles. The summed E-state index contributed by atoms with van der Waals surface area (Å²) in [6.45, 7) is 5.14. The van der Waals surface area contributed by atoms with Crippen LogP contribution in [0, 0.1) is 0 Å². The normalized spacial score (nSPS) is 19.0. The van der Waals surface area contributed by atoms with E-state index in [1.165, 1.54) is 18.3 Å². The quantitative estimate of drug-likeness (QED) is 0.0551. The fourth-order valence-corrected chi connectivity index (χ4v) is 15.3. The Balaban J connectivity index is 0.000000157. The number of sulfonamides is 3. The maximum Gasteiger partial charge on any atom is 0.322 e. The zero-order valence-electron chi connectivity index (χ0n) is 38.0. The van der Waals surface area contributed by atoms with Crippen molar-refractivity contribution in [1.29, 1.82) is 0 Å². The van der Waals surface area contributed by atoms with Crippen LogP contribution in [0.15, 0.2) is 111 Å². The van der Waals surface area contributed by atoms with Crippen LogP contribution in [-0.4, -0.2) is 114 Å². The molecule has 0 unspecified atom stereocenters. The number of aliphatic imine (C=N–C) groups is 2. The molecular weight excluding hydrogens is 1200 g/mol. The molecule has 3 saturated heterocycles. The van der Waals surface area contributed by atoms with Crippen LogP contribution in [-0.2, 0) is 34.9 Å². The number of carbonyl (C=O) groups is 1. The number of hydrogen-bond acceptors (Lipinski definition) is 12. The van der Waals surface area contributed by atoms with Gasteiger partial charge < -0.3 is 28.0 Å². The highest BCUT2D eigenvalue weighted by atomic mass is 79.9. The van der Waals surface area contributed by atoms with Crippen LogP contribution in [0.4, 0.5) is 11.6 Å². The Morgan fingerprint density at radius 1 is 0.577 bits per heavy atom. The van der Waals surface area contributed by atoms with Gasteiger partial charge in [-0.3, -0.25) is 4.79 Å². The average Bonchev–Trinajstić information content (AvgIpc) is 4.12. The monoisotopic (exact) mass is 1240 g/mol. The summed E-state index contributed by atoms with van der Waals surface area (Å²) < 4.78 is 83.5. The van der Waals surface area contributed by atoms with E-state index in [1.807, 2.05) is 13.8 Å². The molecule has 0 spiro atoms. The smallest absolute Gasteiger partial charge is 0.322 e. The second-order valence-electron chi connectivity index (χ2n) is 16.8. The minimum absolute atomic E-state index is 0.00325. The lowest BCUT2D eigenvalue weighted by Gasteiger charge is -2.21. The summed E-state index contributed by atoms with van der Waals surface area (Å²) in [7, 11) is -11.0. The number of guanidine groups is 2. The van der Waals surface area contributed by atoms with Crippen molar-refractivity contribution >= 4 is 151 Å². The summed E-state index contributed by atoms with van der Waals surface area (Å²) in [6.07, 6.45) is 9.05. The highest BCUT2D eigenvalue weighted by Gasteiger charge is 2.40. The van der Waals surface area contributed by atoms with E-state index < -0.39 is 42.1 Å². The SMILES string of the molecule is C[C@H]1CCCN1S(=O)(=O)c1ccc2c(Br)cnc(Cl)c2c1.C[C@H]1CCCN1S(=O)(=O)c1ccc2c(Br)cnc(N=C(N)N)c2c1.NC(N)=Nc1ncc(Br)c2ccc(S(=O)(=O)N3CCC[C@@H]3C(=O)O)cc12. The summed E-state index contributed by atoms with van der Waals surface area (Å²) in [4.78, 5) is 32.1. The zero-order chi connectivity index (χ0) is 51.7. The van der Waals surface area contributed by atoms with E-state index in [2.05, 4.69) is 72.7 Å². The molecule has 3 aromatic carbocycles. The van der Waals surface area contributed by atoms with Crippen LogP contribution >= 0.6 is 59.4 Å². The van der Waals surface area contributed by atoms with Gasteiger partial charge in [0.05, 0.1) is 14.7 Å². The van der Waals surface area contributed by atoms with E-state index in [9.17, 15) is 35.2 Å². The van der Waals surface area contributed by atoms with E-state index >= 15 is 0 Å². The average molecular weight is 1240 g/mol. The molecule has 3 aromatic heterocycles. The standard InChI is InChI=1S/C15H16BrN5O4S.C15H18BrN5O2S.C14H14BrClN2O2S/c16-11-7-19-13(20-15(17)18)10-6-8(3-4-9(10)11)26(24,25)21-5-1-2-12(21)14(22)23;1-9-3-2-6-21(9)24(22,23)10-4-5-11-12(7-10)14(20-15(17)18)19-8-13(11)16;1-9-3-2-6-18(9)21(19,20)10-4-5-11-12(7-10)14(16)17-8-13(11)15/h3-4,6-7,12H,1-2,5H2,(H,22,23)(H4,17,18,19,20);4-5,7-9H,2-3,6H2,1H3,(H4,17,18,19,20);4-5,7-9H,2-3,6H2,1H3/t12-;2*9-/m100/s1. The van der Waals surface area contributed by atoms with Crippen molar-refractivity contribution in [2.45, 2.75) is 85.2 Å². The first kappa shape index (κ1) is 54.1. The number of nitrogens with two attached hydrogens (primary N) is 4. The summed E-state index contributed by atoms with van der Waals surface area (Å²) in [5.41, 5.74) is 21.7. The predicted molar refractivity (Wildman–Crippen MR) is 284 cm³/mol. The topological polar surface area (TPSA) is 317 Å². The van der Waals surface area contributed by atoms with Gasteiger partial charge in [0, 0.05) is 96.0 Å². The number of hydrogen-bond donors (Lipinski definition) is 5. The Morgan fingerprint density at radius 3 is 1.31 bits per heavy atom. The molecule has 6 aromatic rings. The molecule has 27 heteroatoms. The number of fused-ring (bicyclic) bond motifs is 3. The van der Waals surface area contributed by atoms with Crippen molar-refractivity contribution in [2.24, 2.45) is 32.9 Å². The Labute approximate surface area is 440 Å². The summed E-state index contributed by atoms with van der Waals surface area (Å²) in [5, 5.41) is 13.5. The first-order valence-electron chi connectivity index (χ1n) is 21.8. The molecule has 378 valence electrons.